The van der Waals surface area contributed by atoms with E-state index in [9.17, 15) is 9.18 Å². The van der Waals surface area contributed by atoms with E-state index in [0.29, 0.717) is 23.0 Å². The lowest BCUT2D eigenvalue weighted by Gasteiger charge is -2.04. The van der Waals surface area contributed by atoms with Crippen molar-refractivity contribution in [2.75, 3.05) is 6.61 Å². The lowest BCUT2D eigenvalue weighted by atomic mass is 10.2. The molecule has 28 heavy (non-hydrogen) atoms. The van der Waals surface area contributed by atoms with Gasteiger partial charge in [0, 0.05) is 6.07 Å². The summed E-state index contributed by atoms with van der Waals surface area (Å²) >= 11 is 6.39. The molecule has 0 unspecified atom stereocenters. The highest BCUT2D eigenvalue weighted by Crippen LogP contribution is 2.19. The van der Waals surface area contributed by atoms with Crippen LogP contribution in [0.2, 0.25) is 5.15 Å². The second kappa shape index (κ2) is 9.14. The highest BCUT2D eigenvalue weighted by atomic mass is 35.5. The summed E-state index contributed by atoms with van der Waals surface area (Å²) in [4.78, 5) is 11.8. The minimum Gasteiger partial charge on any atom is -0.484 e. The van der Waals surface area contributed by atoms with Gasteiger partial charge in [0.25, 0.3) is 5.91 Å². The van der Waals surface area contributed by atoms with Gasteiger partial charge in [-0.1, -0.05) is 48.0 Å². The van der Waals surface area contributed by atoms with Crippen LogP contribution in [0.1, 0.15) is 16.8 Å². The molecule has 0 bridgehead atoms. The molecule has 1 amide bonds. The molecule has 1 N–H and O–H groups in total. The molecule has 2 aromatic carbocycles. The molecule has 0 saturated heterocycles. The van der Waals surface area contributed by atoms with Crippen LogP contribution in [0.15, 0.2) is 59.7 Å². The normalized spacial score (nSPS) is 11.0. The predicted molar refractivity (Wildman–Crippen MR) is 105 cm³/mol. The van der Waals surface area contributed by atoms with Crippen molar-refractivity contribution in [2.24, 2.45) is 5.10 Å². The summed E-state index contributed by atoms with van der Waals surface area (Å²) in [6.45, 7) is 2.05. The Kier molecular flexibility index (Phi) is 6.39. The number of halogens is 2. The van der Waals surface area contributed by atoms with E-state index in [2.05, 4.69) is 15.6 Å². The highest BCUT2D eigenvalue weighted by Gasteiger charge is 2.12. The molecule has 0 spiro atoms. The maximum absolute atomic E-state index is 13.1. The van der Waals surface area contributed by atoms with E-state index >= 15 is 0 Å². The Labute approximate surface area is 166 Å². The lowest BCUT2D eigenvalue weighted by Crippen LogP contribution is -2.24. The summed E-state index contributed by atoms with van der Waals surface area (Å²) in [6, 6.07) is 15.4. The van der Waals surface area contributed by atoms with Crippen molar-refractivity contribution in [3.05, 3.63) is 82.4 Å². The number of carbonyl (C=O) groups is 1. The quantitative estimate of drug-likeness (QED) is 0.487. The Hall–Kier alpha value is -3.19. The summed E-state index contributed by atoms with van der Waals surface area (Å²) in [5, 5.41) is 8.73. The molecule has 8 heteroatoms. The number of carbonyl (C=O) groups excluding carboxylic acids is 1. The van der Waals surface area contributed by atoms with Gasteiger partial charge in [-0.2, -0.15) is 10.2 Å². The molecule has 3 rings (SSSR count). The maximum atomic E-state index is 13.1. The van der Waals surface area contributed by atoms with Crippen LogP contribution >= 0.6 is 11.6 Å². The van der Waals surface area contributed by atoms with E-state index in [1.54, 1.807) is 10.7 Å². The van der Waals surface area contributed by atoms with Crippen molar-refractivity contribution in [3.63, 3.8) is 0 Å². The van der Waals surface area contributed by atoms with E-state index in [1.165, 1.54) is 24.4 Å². The van der Waals surface area contributed by atoms with Crippen LogP contribution in [0.25, 0.3) is 0 Å². The summed E-state index contributed by atoms with van der Waals surface area (Å²) in [5.74, 6) is -0.653. The summed E-state index contributed by atoms with van der Waals surface area (Å²) in [5.41, 5.74) is 4.72. The Morgan fingerprint density at radius 2 is 2.07 bits per heavy atom. The van der Waals surface area contributed by atoms with Gasteiger partial charge < -0.3 is 4.74 Å². The largest absolute Gasteiger partial charge is 0.484 e. The molecule has 6 nitrogen and oxygen atoms in total. The Morgan fingerprint density at radius 3 is 2.82 bits per heavy atom. The van der Waals surface area contributed by atoms with Crippen molar-refractivity contribution in [1.29, 1.82) is 0 Å². The molecular weight excluding hydrogens is 383 g/mol. The van der Waals surface area contributed by atoms with Gasteiger partial charge in [0.2, 0.25) is 0 Å². The maximum Gasteiger partial charge on any atom is 0.277 e. The van der Waals surface area contributed by atoms with Crippen LogP contribution in [0.4, 0.5) is 4.39 Å². The van der Waals surface area contributed by atoms with E-state index in [1.807, 2.05) is 37.3 Å². The van der Waals surface area contributed by atoms with Crippen molar-refractivity contribution >= 4 is 23.7 Å². The molecule has 0 atom stereocenters. The average molecular weight is 401 g/mol. The standard InChI is InChI=1S/C20H18ClFN4O2/c1-14-18(20(21)26(25-14)12-15-6-3-2-4-7-15)11-23-24-19(27)13-28-17-9-5-8-16(22)10-17/h2-11H,12-13H2,1H3,(H,24,27)/b23-11-. The van der Waals surface area contributed by atoms with Gasteiger partial charge in [0.05, 0.1) is 24.0 Å². The van der Waals surface area contributed by atoms with Crippen molar-refractivity contribution in [3.8, 4) is 5.75 Å². The number of rotatable bonds is 7. The van der Waals surface area contributed by atoms with Crippen LogP contribution < -0.4 is 10.2 Å². The van der Waals surface area contributed by atoms with Gasteiger partial charge in [0.15, 0.2) is 6.61 Å². The van der Waals surface area contributed by atoms with Crippen molar-refractivity contribution < 1.29 is 13.9 Å². The molecule has 0 aliphatic carbocycles. The number of nitrogens with zero attached hydrogens (tertiary/aromatic N) is 3. The third-order valence-corrected chi connectivity index (χ3v) is 4.23. The number of amides is 1. The number of hydrazone groups is 1. The van der Waals surface area contributed by atoms with Gasteiger partial charge in [-0.25, -0.2) is 14.5 Å². The molecular formula is C20H18ClFN4O2. The zero-order chi connectivity index (χ0) is 19.9. The van der Waals surface area contributed by atoms with E-state index in [4.69, 9.17) is 16.3 Å². The Balaban J connectivity index is 1.57. The Bertz CT molecular complexity index is 989. The number of hydrogen-bond acceptors (Lipinski definition) is 4. The van der Waals surface area contributed by atoms with Crippen molar-refractivity contribution in [2.45, 2.75) is 13.5 Å². The minimum absolute atomic E-state index is 0.264. The summed E-state index contributed by atoms with van der Waals surface area (Å²) in [7, 11) is 0. The third kappa shape index (κ3) is 5.17. The smallest absolute Gasteiger partial charge is 0.277 e. The van der Waals surface area contributed by atoms with E-state index in [0.717, 1.165) is 5.56 Å². The monoisotopic (exact) mass is 400 g/mol. The van der Waals surface area contributed by atoms with Gasteiger partial charge in [-0.05, 0) is 24.6 Å². The molecule has 0 saturated carbocycles. The molecule has 0 fully saturated rings. The fraction of sp³-hybridized carbons (Fsp3) is 0.150. The zero-order valence-corrected chi connectivity index (χ0v) is 15.9. The van der Waals surface area contributed by atoms with Crippen LogP contribution in [-0.4, -0.2) is 28.5 Å². The Morgan fingerprint density at radius 1 is 1.29 bits per heavy atom. The van der Waals surface area contributed by atoms with Crippen LogP contribution in [-0.2, 0) is 11.3 Å². The molecule has 0 aliphatic rings. The second-order valence-electron chi connectivity index (χ2n) is 5.97. The number of aryl methyl sites for hydroxylation is 1. The lowest BCUT2D eigenvalue weighted by molar-refractivity contribution is -0.123. The number of hydrogen-bond donors (Lipinski definition) is 1. The first-order valence-electron chi connectivity index (χ1n) is 8.50. The first kappa shape index (κ1) is 19.6. The van der Waals surface area contributed by atoms with E-state index < -0.39 is 11.7 Å². The molecule has 1 heterocycles. The van der Waals surface area contributed by atoms with Crippen molar-refractivity contribution in [1.82, 2.24) is 15.2 Å². The minimum atomic E-state index is -0.481. The van der Waals surface area contributed by atoms with Gasteiger partial charge in [0.1, 0.15) is 16.7 Å². The average Bonchev–Trinajstić information content (AvgIpc) is 2.94. The summed E-state index contributed by atoms with van der Waals surface area (Å²) in [6.07, 6.45) is 1.44. The molecule has 0 radical (unpaired) electrons. The summed E-state index contributed by atoms with van der Waals surface area (Å²) < 4.78 is 19.9. The van der Waals surface area contributed by atoms with Gasteiger partial charge in [-0.15, -0.1) is 0 Å². The van der Waals surface area contributed by atoms with Gasteiger partial charge in [-0.3, -0.25) is 4.79 Å². The topological polar surface area (TPSA) is 68.5 Å². The molecule has 144 valence electrons. The number of nitrogens with one attached hydrogen (secondary N) is 1. The number of ether oxygens (including phenoxy) is 1. The first-order chi connectivity index (χ1) is 13.5. The fourth-order valence-corrected chi connectivity index (χ4v) is 2.76. The highest BCUT2D eigenvalue weighted by molar-refractivity contribution is 6.32. The predicted octanol–water partition coefficient (Wildman–Crippen LogP) is 3.56. The van der Waals surface area contributed by atoms with Crippen LogP contribution in [0.3, 0.4) is 0 Å². The number of benzene rings is 2. The third-order valence-electron chi connectivity index (χ3n) is 3.83. The molecule has 0 aliphatic heterocycles. The van der Waals surface area contributed by atoms with E-state index in [-0.39, 0.29) is 12.4 Å². The fourth-order valence-electron chi connectivity index (χ4n) is 2.48. The second-order valence-corrected chi connectivity index (χ2v) is 6.33. The zero-order valence-electron chi connectivity index (χ0n) is 15.1. The molecule has 3 aromatic rings. The van der Waals surface area contributed by atoms with Crippen LogP contribution in [0, 0.1) is 12.7 Å². The van der Waals surface area contributed by atoms with Crippen LogP contribution in [0.5, 0.6) is 5.75 Å². The SMILES string of the molecule is Cc1nn(Cc2ccccc2)c(Cl)c1/C=N\NC(=O)COc1cccc(F)c1. The number of aromatic nitrogens is 2. The van der Waals surface area contributed by atoms with Gasteiger partial charge >= 0.3 is 0 Å². The molecule has 1 aromatic heterocycles. The first-order valence-corrected chi connectivity index (χ1v) is 8.88.